The van der Waals surface area contributed by atoms with E-state index in [4.69, 9.17) is 14.5 Å². The van der Waals surface area contributed by atoms with Gasteiger partial charge in [-0.25, -0.2) is 27.8 Å². The summed E-state index contributed by atoms with van der Waals surface area (Å²) >= 11 is 0. The summed E-state index contributed by atoms with van der Waals surface area (Å²) in [6.07, 6.45) is 3.31. The number of halogens is 2. The van der Waals surface area contributed by atoms with Crippen molar-refractivity contribution in [1.82, 2.24) is 43.7 Å². The molecule has 4 atom stereocenters. The summed E-state index contributed by atoms with van der Waals surface area (Å²) in [6, 6.07) is 14.1. The molecule has 318 valence electrons. The molecule has 0 radical (unpaired) electrons. The van der Waals surface area contributed by atoms with Crippen molar-refractivity contribution in [3.63, 3.8) is 0 Å². The lowest BCUT2D eigenvalue weighted by Crippen LogP contribution is -2.44. The summed E-state index contributed by atoms with van der Waals surface area (Å²) in [6.45, 7) is 3.81. The Bertz CT molecular complexity index is 2870. The summed E-state index contributed by atoms with van der Waals surface area (Å²) in [4.78, 5) is 60.3. The third-order valence-electron chi connectivity index (χ3n) is 12.0. The van der Waals surface area contributed by atoms with Gasteiger partial charge in [0.05, 0.1) is 71.8 Å². The minimum atomic E-state index is -2.94. The monoisotopic (exact) mass is 845 g/mol. The van der Waals surface area contributed by atoms with Crippen molar-refractivity contribution in [3.8, 4) is 17.5 Å². The molecule has 4 fully saturated rings. The molecule has 1 unspecified atom stereocenters. The Morgan fingerprint density at radius 1 is 1.08 bits per heavy atom. The number of alkyl halides is 2. The zero-order chi connectivity index (χ0) is 42.6. The normalized spacial score (nSPS) is 21.5. The fraction of sp³-hybridized carbons (Fsp3) is 0.372. The van der Waals surface area contributed by atoms with Crippen LogP contribution in [0.4, 0.5) is 20.3 Å². The van der Waals surface area contributed by atoms with E-state index < -0.39 is 30.0 Å². The standard InChI is InChI=1S/C43H41F2N11O6/c1-51-38-26(5-3-7-33(38)56(43(51)60)34-12-13-36(57)49-42(34)59)4-2-6-29-21-52(16-17-61-29)20-25-8-10-27(11-9-25)55-23-32(37(50-55)39(44)45)47-41(58)31-19-46-54-15-14-35(48-40(31)54)53-22-30-18-28(53)24-62-30/h3,5,7-11,14-15,19,23,28-30,34,39H,6,12-13,16-18,20-22,24H2,1H3,(H,47,58)(H,49,57,59)/t28-,29+,30-,34?/m1/s1. The van der Waals surface area contributed by atoms with Crippen LogP contribution in [0.15, 0.2) is 71.9 Å². The second kappa shape index (κ2) is 15.9. The molecule has 6 aromatic rings. The number of carbonyl (C=O) groups is 3. The molecule has 8 heterocycles. The van der Waals surface area contributed by atoms with Gasteiger partial charge in [0.25, 0.3) is 12.3 Å². The first kappa shape index (κ1) is 39.4. The molecule has 0 saturated carbocycles. The Morgan fingerprint density at radius 3 is 2.71 bits per heavy atom. The van der Waals surface area contributed by atoms with Gasteiger partial charge in [0.2, 0.25) is 11.8 Å². The van der Waals surface area contributed by atoms with Gasteiger partial charge >= 0.3 is 5.69 Å². The number of benzene rings is 2. The highest BCUT2D eigenvalue weighted by atomic mass is 19.3. The number of nitrogens with one attached hydrogen (secondary N) is 2. The van der Waals surface area contributed by atoms with Crippen LogP contribution in [0.25, 0.3) is 22.4 Å². The lowest BCUT2D eigenvalue weighted by Gasteiger charge is -2.32. The first-order valence-electron chi connectivity index (χ1n) is 20.5. The second-order valence-electron chi connectivity index (χ2n) is 16.0. The molecule has 4 aliphatic heterocycles. The van der Waals surface area contributed by atoms with Gasteiger partial charge in [-0.15, -0.1) is 0 Å². The van der Waals surface area contributed by atoms with Crippen LogP contribution < -0.4 is 21.2 Å². The SMILES string of the molecule is Cn1c(=O)n(C2CCC(=O)NC2=O)c2cccc(C#CC[C@H]3CN(Cc4ccc(-n5cc(NC(=O)c6cnn7ccc(N8C[C@H]9C[C@@H]8CO9)nc67)c(C(F)F)n5)cc4)CCO3)c21. The zero-order valence-electron chi connectivity index (χ0n) is 33.5. The van der Waals surface area contributed by atoms with Crippen molar-refractivity contribution in [1.29, 1.82) is 0 Å². The van der Waals surface area contributed by atoms with Gasteiger partial charge in [0.15, 0.2) is 11.3 Å². The molecule has 4 aromatic heterocycles. The number of rotatable bonds is 9. The lowest BCUT2D eigenvalue weighted by molar-refractivity contribution is -0.135. The van der Waals surface area contributed by atoms with E-state index in [9.17, 15) is 28.0 Å². The van der Waals surface area contributed by atoms with Gasteiger partial charge in [-0.1, -0.05) is 30.0 Å². The zero-order valence-corrected chi connectivity index (χ0v) is 33.5. The third kappa shape index (κ3) is 7.29. The molecule has 2 N–H and O–H groups in total. The van der Waals surface area contributed by atoms with Crippen molar-refractivity contribution in [3.05, 3.63) is 100.0 Å². The van der Waals surface area contributed by atoms with Gasteiger partial charge in [-0.2, -0.15) is 10.2 Å². The number of imidazole rings is 1. The summed E-state index contributed by atoms with van der Waals surface area (Å²) in [5.41, 5.74) is 2.79. The topological polar surface area (TPSA) is 175 Å². The molecule has 17 nitrogen and oxygen atoms in total. The molecular weight excluding hydrogens is 805 g/mol. The van der Waals surface area contributed by atoms with Crippen LogP contribution in [0.1, 0.15) is 65.3 Å². The Hall–Kier alpha value is -6.75. The number of fused-ring (bicyclic) bond motifs is 4. The Labute approximate surface area is 352 Å². The highest BCUT2D eigenvalue weighted by Crippen LogP contribution is 2.33. The molecule has 0 spiro atoms. The van der Waals surface area contributed by atoms with Crippen LogP contribution >= 0.6 is 0 Å². The predicted molar refractivity (Wildman–Crippen MR) is 220 cm³/mol. The smallest absolute Gasteiger partial charge is 0.329 e. The Morgan fingerprint density at radius 2 is 1.94 bits per heavy atom. The largest absolute Gasteiger partial charge is 0.375 e. The maximum Gasteiger partial charge on any atom is 0.329 e. The number of morpholine rings is 2. The number of aromatic nitrogens is 7. The van der Waals surface area contributed by atoms with E-state index in [1.165, 1.54) is 30.7 Å². The van der Waals surface area contributed by atoms with E-state index in [1.807, 2.05) is 24.3 Å². The van der Waals surface area contributed by atoms with Gasteiger partial charge in [-0.3, -0.25) is 33.7 Å². The summed E-state index contributed by atoms with van der Waals surface area (Å²) in [5.74, 6) is 5.67. The van der Waals surface area contributed by atoms with E-state index >= 15 is 0 Å². The molecular formula is C43H41F2N11O6. The molecule has 4 aliphatic rings. The number of imide groups is 1. The number of amides is 3. The molecule has 10 rings (SSSR count). The number of ether oxygens (including phenoxy) is 2. The van der Waals surface area contributed by atoms with E-state index in [1.54, 1.807) is 37.5 Å². The van der Waals surface area contributed by atoms with Crippen molar-refractivity contribution >= 4 is 45.9 Å². The predicted octanol–water partition coefficient (Wildman–Crippen LogP) is 3.36. The van der Waals surface area contributed by atoms with Crippen LogP contribution in [-0.4, -0.2) is 107 Å². The summed E-state index contributed by atoms with van der Waals surface area (Å²) in [5, 5.41) is 13.3. The van der Waals surface area contributed by atoms with Gasteiger partial charge in [-0.05, 0) is 48.7 Å². The molecule has 3 amide bonds. The minimum absolute atomic E-state index is 0.118. The van der Waals surface area contributed by atoms with Crippen molar-refractivity contribution < 1.29 is 32.6 Å². The highest BCUT2D eigenvalue weighted by Gasteiger charge is 2.40. The second-order valence-corrected chi connectivity index (χ2v) is 16.0. The van der Waals surface area contributed by atoms with E-state index in [0.717, 1.165) is 12.0 Å². The molecule has 4 saturated heterocycles. The van der Waals surface area contributed by atoms with E-state index in [0.29, 0.717) is 79.6 Å². The minimum Gasteiger partial charge on any atom is -0.375 e. The Balaban J connectivity index is 0.787. The average Bonchev–Trinajstić information content (AvgIpc) is 4.12. The number of hydrogen-bond acceptors (Lipinski definition) is 11. The van der Waals surface area contributed by atoms with Gasteiger partial charge < -0.3 is 19.7 Å². The van der Waals surface area contributed by atoms with Crippen LogP contribution in [0.3, 0.4) is 0 Å². The maximum absolute atomic E-state index is 14.3. The Kier molecular flexibility index (Phi) is 10.1. The van der Waals surface area contributed by atoms with E-state index in [2.05, 4.69) is 42.5 Å². The van der Waals surface area contributed by atoms with Crippen LogP contribution in [0, 0.1) is 11.8 Å². The summed E-state index contributed by atoms with van der Waals surface area (Å²) < 4.78 is 46.0. The fourth-order valence-electron chi connectivity index (χ4n) is 8.92. The van der Waals surface area contributed by atoms with Gasteiger partial charge in [0, 0.05) is 52.3 Å². The molecule has 0 aliphatic carbocycles. The van der Waals surface area contributed by atoms with Gasteiger partial charge in [0.1, 0.15) is 17.4 Å². The van der Waals surface area contributed by atoms with Crippen molar-refractivity contribution in [2.75, 3.05) is 43.1 Å². The first-order valence-corrected chi connectivity index (χ1v) is 20.5. The van der Waals surface area contributed by atoms with Crippen LogP contribution in [-0.2, 0) is 32.7 Å². The summed E-state index contributed by atoms with van der Waals surface area (Å²) in [7, 11) is 1.64. The van der Waals surface area contributed by atoms with E-state index in [-0.39, 0.29) is 53.9 Å². The lowest BCUT2D eigenvalue weighted by atomic mass is 10.1. The van der Waals surface area contributed by atoms with Crippen molar-refractivity contribution in [2.45, 2.75) is 62.9 Å². The number of hydrogen-bond donors (Lipinski definition) is 2. The average molecular weight is 846 g/mol. The molecule has 2 bridgehead atoms. The molecule has 19 heteroatoms. The van der Waals surface area contributed by atoms with Crippen LogP contribution in [0.2, 0.25) is 0 Å². The number of carbonyl (C=O) groups excluding carboxylic acids is 3. The number of piperidine rings is 1. The number of aryl methyl sites for hydroxylation is 1. The first-order chi connectivity index (χ1) is 30.1. The number of para-hydroxylation sites is 1. The maximum atomic E-state index is 14.3. The van der Waals surface area contributed by atoms with Crippen LogP contribution in [0.5, 0.6) is 0 Å². The van der Waals surface area contributed by atoms with Crippen molar-refractivity contribution in [2.24, 2.45) is 7.05 Å². The fourth-order valence-corrected chi connectivity index (χ4v) is 8.92. The molecule has 2 aromatic carbocycles. The third-order valence-corrected chi connectivity index (χ3v) is 12.0. The highest BCUT2D eigenvalue weighted by molar-refractivity contribution is 6.08. The quantitative estimate of drug-likeness (QED) is 0.161. The number of anilines is 2. The molecule has 62 heavy (non-hydrogen) atoms. The number of nitrogens with zero attached hydrogens (tertiary/aromatic N) is 9.